The molecule has 2 heterocycles. The van der Waals surface area contributed by atoms with E-state index in [9.17, 15) is 9.59 Å². The Hall–Kier alpha value is -3.38. The van der Waals surface area contributed by atoms with Crippen LogP contribution < -0.4 is 10.6 Å². The van der Waals surface area contributed by atoms with E-state index in [0.29, 0.717) is 28.5 Å². The summed E-state index contributed by atoms with van der Waals surface area (Å²) in [5.74, 6) is 5.17. The summed E-state index contributed by atoms with van der Waals surface area (Å²) in [5.41, 5.74) is 2.96. The quantitative estimate of drug-likeness (QED) is 0.447. The number of nitrogens with two attached hydrogens (primary N) is 1. The zero-order valence-electron chi connectivity index (χ0n) is 14.2. The average molecular weight is 347 g/mol. The molecule has 130 valence electrons. The van der Waals surface area contributed by atoms with Gasteiger partial charge in [-0.15, -0.1) is 0 Å². The fourth-order valence-electron chi connectivity index (χ4n) is 3.09. The van der Waals surface area contributed by atoms with E-state index >= 15 is 0 Å². The van der Waals surface area contributed by atoms with E-state index in [1.165, 1.54) is 6.08 Å². The summed E-state index contributed by atoms with van der Waals surface area (Å²) in [6, 6.07) is 15.6. The van der Waals surface area contributed by atoms with E-state index in [4.69, 9.17) is 10.6 Å². The number of amides is 2. The fraction of sp³-hybridized carbons (Fsp3) is 0.100. The number of imide groups is 1. The van der Waals surface area contributed by atoms with Crippen LogP contribution in [0.2, 0.25) is 0 Å². The fourth-order valence-corrected chi connectivity index (χ4v) is 3.09. The van der Waals surface area contributed by atoms with E-state index in [1.54, 1.807) is 0 Å². The molecule has 0 unspecified atom stereocenters. The monoisotopic (exact) mass is 347 g/mol. The van der Waals surface area contributed by atoms with E-state index < -0.39 is 11.8 Å². The van der Waals surface area contributed by atoms with Gasteiger partial charge in [0.15, 0.2) is 0 Å². The van der Waals surface area contributed by atoms with Gasteiger partial charge in [-0.1, -0.05) is 30.3 Å². The van der Waals surface area contributed by atoms with Crippen LogP contribution in [-0.2, 0) is 23.2 Å². The molecule has 6 nitrogen and oxygen atoms in total. The van der Waals surface area contributed by atoms with Gasteiger partial charge in [0, 0.05) is 35.8 Å². The molecule has 6 heteroatoms. The third-order valence-electron chi connectivity index (χ3n) is 4.45. The molecule has 2 N–H and O–H groups in total. The molecule has 0 saturated carbocycles. The first-order valence-electron chi connectivity index (χ1n) is 8.15. The molecule has 0 spiro atoms. The smallest absolute Gasteiger partial charge is 0.276 e. The first-order chi connectivity index (χ1) is 12.5. The summed E-state index contributed by atoms with van der Waals surface area (Å²) < 4.78 is 7.79. The maximum atomic E-state index is 12.2. The van der Waals surface area contributed by atoms with Crippen molar-refractivity contribution in [3.8, 4) is 5.75 Å². The van der Waals surface area contributed by atoms with Crippen LogP contribution in [0.3, 0.4) is 0 Å². The van der Waals surface area contributed by atoms with Gasteiger partial charge in [0.2, 0.25) is 0 Å². The van der Waals surface area contributed by atoms with E-state index in [0.717, 1.165) is 16.5 Å². The van der Waals surface area contributed by atoms with Crippen LogP contribution >= 0.6 is 0 Å². The van der Waals surface area contributed by atoms with Crippen molar-refractivity contribution in [2.24, 2.45) is 12.9 Å². The number of benzene rings is 2. The lowest BCUT2D eigenvalue weighted by atomic mass is 10.1. The number of fused-ring (bicyclic) bond motifs is 1. The Morgan fingerprint density at radius 2 is 1.85 bits per heavy atom. The van der Waals surface area contributed by atoms with E-state index in [2.05, 4.69) is 0 Å². The van der Waals surface area contributed by atoms with Gasteiger partial charge in [0.1, 0.15) is 12.4 Å². The number of hydrogen-bond donors (Lipinski definition) is 1. The van der Waals surface area contributed by atoms with Crippen molar-refractivity contribution in [3.05, 3.63) is 71.9 Å². The zero-order valence-corrected chi connectivity index (χ0v) is 14.2. The molecule has 0 atom stereocenters. The predicted octanol–water partition coefficient (Wildman–Crippen LogP) is 2.38. The minimum absolute atomic E-state index is 0.295. The molecule has 1 aliphatic rings. The first kappa shape index (κ1) is 16.1. The number of ether oxygens (including phenoxy) is 1. The maximum Gasteiger partial charge on any atom is 0.276 e. The number of hydrazine groups is 1. The van der Waals surface area contributed by atoms with Gasteiger partial charge in [-0.2, -0.15) is 0 Å². The predicted molar refractivity (Wildman–Crippen MR) is 97.7 cm³/mol. The lowest BCUT2D eigenvalue weighted by Crippen LogP contribution is -2.37. The molecule has 2 amide bonds. The molecular weight excluding hydrogens is 330 g/mol. The Morgan fingerprint density at radius 3 is 2.54 bits per heavy atom. The first-order valence-corrected chi connectivity index (χ1v) is 8.15. The molecule has 1 aromatic heterocycles. The SMILES string of the molecule is Cn1cc(C2=CC(=O)N(N)C2=O)c2cc(OCc3ccccc3)ccc21. The van der Waals surface area contributed by atoms with Crippen molar-refractivity contribution >= 4 is 28.3 Å². The lowest BCUT2D eigenvalue weighted by molar-refractivity contribution is -0.136. The van der Waals surface area contributed by atoms with Gasteiger partial charge >= 0.3 is 0 Å². The molecule has 0 saturated heterocycles. The van der Waals surface area contributed by atoms with Crippen LogP contribution in [0.25, 0.3) is 16.5 Å². The van der Waals surface area contributed by atoms with E-state index in [-0.39, 0.29) is 0 Å². The summed E-state index contributed by atoms with van der Waals surface area (Å²) >= 11 is 0. The van der Waals surface area contributed by atoms with Crippen LogP contribution in [0, 0.1) is 0 Å². The topological polar surface area (TPSA) is 77.6 Å². The number of aryl methyl sites for hydroxylation is 1. The second-order valence-corrected chi connectivity index (χ2v) is 6.18. The molecule has 4 rings (SSSR count). The molecule has 0 fully saturated rings. The van der Waals surface area contributed by atoms with Gasteiger partial charge in [-0.25, -0.2) is 10.9 Å². The molecule has 0 bridgehead atoms. The summed E-state index contributed by atoms with van der Waals surface area (Å²) in [4.78, 5) is 23.9. The van der Waals surface area contributed by atoms with Crippen molar-refractivity contribution in [1.82, 2.24) is 9.58 Å². The molecule has 1 aliphatic heterocycles. The van der Waals surface area contributed by atoms with Crippen molar-refractivity contribution in [2.75, 3.05) is 0 Å². The van der Waals surface area contributed by atoms with Crippen molar-refractivity contribution in [1.29, 1.82) is 0 Å². The molecule has 3 aromatic rings. The number of rotatable bonds is 4. The van der Waals surface area contributed by atoms with Gasteiger partial charge in [-0.3, -0.25) is 9.59 Å². The Kier molecular flexibility index (Phi) is 3.82. The Labute approximate surface area is 150 Å². The highest BCUT2D eigenvalue weighted by Crippen LogP contribution is 2.32. The standard InChI is InChI=1S/C20H17N3O3/c1-22-11-17(16-10-19(24)23(21)20(16)25)15-9-14(7-8-18(15)22)26-12-13-5-3-2-4-6-13/h2-11H,12,21H2,1H3. The van der Waals surface area contributed by atoms with Crippen molar-refractivity contribution in [2.45, 2.75) is 6.61 Å². The van der Waals surface area contributed by atoms with Gasteiger partial charge in [0.25, 0.3) is 11.8 Å². The Balaban J connectivity index is 1.70. The highest BCUT2D eigenvalue weighted by molar-refractivity contribution is 6.34. The number of carbonyl (C=O) groups excluding carboxylic acids is 2. The summed E-state index contributed by atoms with van der Waals surface area (Å²) in [7, 11) is 1.89. The van der Waals surface area contributed by atoms with Crippen LogP contribution in [0.15, 0.2) is 60.8 Å². The number of aromatic nitrogens is 1. The molecular formula is C20H17N3O3. The number of carbonyl (C=O) groups is 2. The van der Waals surface area contributed by atoms with Crippen molar-refractivity contribution < 1.29 is 14.3 Å². The molecule has 2 aromatic carbocycles. The number of hydrogen-bond acceptors (Lipinski definition) is 4. The van der Waals surface area contributed by atoms with Crippen LogP contribution in [-0.4, -0.2) is 21.4 Å². The second-order valence-electron chi connectivity index (χ2n) is 6.18. The normalized spacial score (nSPS) is 14.2. The van der Waals surface area contributed by atoms with Crippen LogP contribution in [0.4, 0.5) is 0 Å². The van der Waals surface area contributed by atoms with Crippen LogP contribution in [0.5, 0.6) is 5.75 Å². The minimum atomic E-state index is -0.515. The highest BCUT2D eigenvalue weighted by atomic mass is 16.5. The third-order valence-corrected chi connectivity index (χ3v) is 4.45. The second kappa shape index (κ2) is 6.16. The minimum Gasteiger partial charge on any atom is -0.489 e. The lowest BCUT2D eigenvalue weighted by Gasteiger charge is -2.08. The molecule has 0 radical (unpaired) electrons. The summed E-state index contributed by atoms with van der Waals surface area (Å²) in [6.07, 6.45) is 3.09. The van der Waals surface area contributed by atoms with Gasteiger partial charge in [0.05, 0.1) is 5.57 Å². The Bertz CT molecular complexity index is 1050. The summed E-state index contributed by atoms with van der Waals surface area (Å²) in [5, 5.41) is 1.46. The van der Waals surface area contributed by atoms with Crippen LogP contribution in [0.1, 0.15) is 11.1 Å². The maximum absolute atomic E-state index is 12.2. The Morgan fingerprint density at radius 1 is 1.08 bits per heavy atom. The zero-order chi connectivity index (χ0) is 18.3. The molecule has 26 heavy (non-hydrogen) atoms. The average Bonchev–Trinajstić information content (AvgIpc) is 3.12. The number of nitrogens with zero attached hydrogens (tertiary/aromatic N) is 2. The third kappa shape index (κ3) is 2.66. The molecule has 0 aliphatic carbocycles. The summed E-state index contributed by atoms with van der Waals surface area (Å²) in [6.45, 7) is 0.450. The highest BCUT2D eigenvalue weighted by Gasteiger charge is 2.31. The van der Waals surface area contributed by atoms with E-state index in [1.807, 2.05) is 66.3 Å². The van der Waals surface area contributed by atoms with Gasteiger partial charge < -0.3 is 9.30 Å². The largest absolute Gasteiger partial charge is 0.489 e. The van der Waals surface area contributed by atoms with Crippen molar-refractivity contribution in [3.63, 3.8) is 0 Å². The van der Waals surface area contributed by atoms with Gasteiger partial charge in [-0.05, 0) is 23.8 Å².